The van der Waals surface area contributed by atoms with Gasteiger partial charge in [0.1, 0.15) is 11.9 Å². The van der Waals surface area contributed by atoms with E-state index in [0.29, 0.717) is 5.92 Å². The zero-order valence-corrected chi connectivity index (χ0v) is 18.0. The van der Waals surface area contributed by atoms with Crippen LogP contribution >= 0.6 is 0 Å². The summed E-state index contributed by atoms with van der Waals surface area (Å²) in [5, 5.41) is 0. The summed E-state index contributed by atoms with van der Waals surface area (Å²) in [5.74, 6) is 8.29. The minimum Gasteiger partial charge on any atom is -0.485 e. The minimum atomic E-state index is 0.0437. The van der Waals surface area contributed by atoms with E-state index in [4.69, 9.17) is 4.74 Å². The molecule has 1 aromatic carbocycles. The normalized spacial score (nSPS) is 18.9. The number of para-hydroxylation sites is 1. The van der Waals surface area contributed by atoms with Crippen molar-refractivity contribution < 1.29 is 4.74 Å². The number of benzene rings is 1. The number of hydrogen-bond donors (Lipinski definition) is 0. The van der Waals surface area contributed by atoms with Crippen LogP contribution in [-0.2, 0) is 0 Å². The molecule has 3 unspecified atom stereocenters. The lowest BCUT2D eigenvalue weighted by Crippen LogP contribution is -2.36. The van der Waals surface area contributed by atoms with Crippen LogP contribution in [0.2, 0.25) is 0 Å². The largest absolute Gasteiger partial charge is 0.485 e. The molecular weight excluding hydrogens is 318 g/mol. The van der Waals surface area contributed by atoms with Gasteiger partial charge >= 0.3 is 0 Å². The van der Waals surface area contributed by atoms with E-state index < -0.39 is 0 Å². The van der Waals surface area contributed by atoms with Crippen molar-refractivity contribution in [1.29, 1.82) is 0 Å². The molecule has 1 aromatic rings. The van der Waals surface area contributed by atoms with Crippen molar-refractivity contribution in [2.45, 2.75) is 73.5 Å². The summed E-state index contributed by atoms with van der Waals surface area (Å²) in [4.78, 5) is 2.45. The Morgan fingerprint density at radius 1 is 1.08 bits per heavy atom. The zero-order valence-electron chi connectivity index (χ0n) is 18.0. The predicted molar refractivity (Wildman–Crippen MR) is 116 cm³/mol. The number of rotatable bonds is 7. The quantitative estimate of drug-likeness (QED) is 0.426. The molecule has 2 heteroatoms. The molecule has 2 nitrogen and oxygen atoms in total. The number of ether oxygens (including phenoxy) is 1. The van der Waals surface area contributed by atoms with Gasteiger partial charge in [-0.2, -0.15) is 0 Å². The first kappa shape index (κ1) is 24.3. The van der Waals surface area contributed by atoms with Crippen molar-refractivity contribution in [2.75, 3.05) is 13.1 Å². The predicted octanol–water partition coefficient (Wildman–Crippen LogP) is 6.19. The Balaban J connectivity index is 0.00000146. The van der Waals surface area contributed by atoms with Crippen LogP contribution in [0.1, 0.15) is 61.3 Å². The lowest BCUT2D eigenvalue weighted by atomic mass is 10.1. The highest BCUT2D eigenvalue weighted by molar-refractivity contribution is 5.25. The third-order valence-electron chi connectivity index (χ3n) is 4.13. The average Bonchev–Trinajstić information content (AvgIpc) is 2.95. The molecule has 0 N–H and O–H groups in total. The Bertz CT molecular complexity index is 526. The molecule has 146 valence electrons. The molecule has 26 heavy (non-hydrogen) atoms. The summed E-state index contributed by atoms with van der Waals surface area (Å²) in [5.41, 5.74) is 0. The Kier molecular flexibility index (Phi) is 14.5. The summed E-state index contributed by atoms with van der Waals surface area (Å²) in [7, 11) is 0. The standard InChI is InChI=1S/C20H27NO.2C2H6/c1-4-17(3)16-21(5-2)18-10-9-13-20(15-14-18)22-19-11-7-6-8-12-19;2*1-2/h6-8,11-12,14-15,17-18,20H,4-5,13,16H2,1-3H3;2*1-2H3. The van der Waals surface area contributed by atoms with Gasteiger partial charge in [0.2, 0.25) is 0 Å². The van der Waals surface area contributed by atoms with E-state index in [1.54, 1.807) is 0 Å². The maximum Gasteiger partial charge on any atom is 0.128 e. The first-order valence-corrected chi connectivity index (χ1v) is 10.3. The average molecular weight is 358 g/mol. The fourth-order valence-electron chi connectivity index (χ4n) is 2.55. The van der Waals surface area contributed by atoms with Gasteiger partial charge in [0.25, 0.3) is 0 Å². The molecule has 0 aromatic heterocycles. The SMILES string of the molecule is CC.CC.CCC(C)CN(CC)C1C#CCC(Oc2ccccc2)C=C1. The van der Waals surface area contributed by atoms with Gasteiger partial charge in [0, 0.05) is 13.0 Å². The molecule has 0 fully saturated rings. The Morgan fingerprint density at radius 2 is 1.73 bits per heavy atom. The Labute approximate surface area is 162 Å². The van der Waals surface area contributed by atoms with Gasteiger partial charge in [0.05, 0.1) is 6.04 Å². The highest BCUT2D eigenvalue weighted by Crippen LogP contribution is 2.16. The molecule has 2 rings (SSSR count). The second-order valence-corrected chi connectivity index (χ2v) is 5.93. The smallest absolute Gasteiger partial charge is 0.128 e. The van der Waals surface area contributed by atoms with E-state index >= 15 is 0 Å². The maximum absolute atomic E-state index is 5.99. The second-order valence-electron chi connectivity index (χ2n) is 5.93. The van der Waals surface area contributed by atoms with Gasteiger partial charge in [-0.3, -0.25) is 4.90 Å². The third kappa shape index (κ3) is 9.11. The van der Waals surface area contributed by atoms with Gasteiger partial charge in [0.15, 0.2) is 0 Å². The van der Waals surface area contributed by atoms with Crippen LogP contribution < -0.4 is 4.74 Å². The molecule has 3 atom stereocenters. The molecule has 0 aliphatic heterocycles. The van der Waals surface area contributed by atoms with Crippen molar-refractivity contribution in [3.8, 4) is 17.6 Å². The molecule has 1 aliphatic carbocycles. The van der Waals surface area contributed by atoms with Crippen LogP contribution in [-0.4, -0.2) is 30.1 Å². The van der Waals surface area contributed by atoms with Crippen molar-refractivity contribution in [3.05, 3.63) is 42.5 Å². The Hall–Kier alpha value is -1.72. The molecular formula is C24H39NO. The second kappa shape index (κ2) is 15.5. The summed E-state index contributed by atoms with van der Waals surface area (Å²) in [6, 6.07) is 10.2. The number of hydrogen-bond acceptors (Lipinski definition) is 2. The molecule has 0 saturated carbocycles. The van der Waals surface area contributed by atoms with E-state index in [0.717, 1.165) is 25.3 Å². The van der Waals surface area contributed by atoms with Gasteiger partial charge in [-0.1, -0.05) is 91.0 Å². The first-order valence-electron chi connectivity index (χ1n) is 10.3. The topological polar surface area (TPSA) is 12.5 Å². The lowest BCUT2D eigenvalue weighted by Gasteiger charge is -2.27. The van der Waals surface area contributed by atoms with Gasteiger partial charge in [-0.25, -0.2) is 0 Å². The molecule has 1 aliphatic rings. The van der Waals surface area contributed by atoms with Crippen molar-refractivity contribution in [2.24, 2.45) is 5.92 Å². The van der Waals surface area contributed by atoms with Crippen molar-refractivity contribution in [3.63, 3.8) is 0 Å². The monoisotopic (exact) mass is 357 g/mol. The first-order chi connectivity index (χ1) is 12.7. The number of likely N-dealkylation sites (N-methyl/N-ethyl adjacent to an activating group) is 1. The van der Waals surface area contributed by atoms with Gasteiger partial charge in [-0.05, 0) is 30.7 Å². The van der Waals surface area contributed by atoms with Crippen LogP contribution in [0.25, 0.3) is 0 Å². The van der Waals surface area contributed by atoms with Gasteiger partial charge in [-0.15, -0.1) is 0 Å². The molecule has 0 amide bonds. The van der Waals surface area contributed by atoms with E-state index in [2.05, 4.69) is 49.7 Å². The maximum atomic E-state index is 5.99. The van der Waals surface area contributed by atoms with E-state index in [-0.39, 0.29) is 12.1 Å². The number of nitrogens with zero attached hydrogens (tertiary/aromatic N) is 1. The molecule has 0 heterocycles. The van der Waals surface area contributed by atoms with Crippen LogP contribution in [0, 0.1) is 17.8 Å². The van der Waals surface area contributed by atoms with Crippen LogP contribution in [0.4, 0.5) is 0 Å². The molecule has 0 spiro atoms. The summed E-state index contributed by atoms with van der Waals surface area (Å²) in [6.07, 6.45) is 6.37. The van der Waals surface area contributed by atoms with Crippen LogP contribution in [0.5, 0.6) is 5.75 Å². The summed E-state index contributed by atoms with van der Waals surface area (Å²) in [6.45, 7) is 16.9. The Morgan fingerprint density at radius 3 is 2.31 bits per heavy atom. The van der Waals surface area contributed by atoms with Gasteiger partial charge < -0.3 is 4.74 Å². The molecule has 0 bridgehead atoms. The summed E-state index contributed by atoms with van der Waals surface area (Å²) >= 11 is 0. The highest BCUT2D eigenvalue weighted by Gasteiger charge is 2.17. The highest BCUT2D eigenvalue weighted by atomic mass is 16.5. The van der Waals surface area contributed by atoms with Crippen LogP contribution in [0.15, 0.2) is 42.5 Å². The lowest BCUT2D eigenvalue weighted by molar-refractivity contribution is 0.235. The van der Waals surface area contributed by atoms with Crippen LogP contribution in [0.3, 0.4) is 0 Å². The fraction of sp³-hybridized carbons (Fsp3) is 0.583. The molecule has 0 radical (unpaired) electrons. The van der Waals surface area contributed by atoms with Crippen molar-refractivity contribution >= 4 is 0 Å². The van der Waals surface area contributed by atoms with E-state index in [1.807, 2.05) is 58.0 Å². The third-order valence-corrected chi connectivity index (χ3v) is 4.13. The molecule has 0 saturated heterocycles. The summed E-state index contributed by atoms with van der Waals surface area (Å²) < 4.78 is 5.99. The fourth-order valence-corrected chi connectivity index (χ4v) is 2.55. The zero-order chi connectivity index (χ0) is 19.8. The van der Waals surface area contributed by atoms with Crippen molar-refractivity contribution in [1.82, 2.24) is 4.90 Å². The minimum absolute atomic E-state index is 0.0437. The van der Waals surface area contributed by atoms with E-state index in [1.165, 1.54) is 6.42 Å². The van der Waals surface area contributed by atoms with E-state index in [9.17, 15) is 0 Å².